The summed E-state index contributed by atoms with van der Waals surface area (Å²) in [5.74, 6) is -1.57. The van der Waals surface area contributed by atoms with Crippen LogP contribution in [0.5, 0.6) is 0 Å². The zero-order chi connectivity index (χ0) is 13.1. The number of alkyl halides is 3. The predicted octanol–water partition coefficient (Wildman–Crippen LogP) is 2.51. The van der Waals surface area contributed by atoms with Crippen LogP contribution in [0.2, 0.25) is 0 Å². The Morgan fingerprint density at radius 1 is 1.41 bits per heavy atom. The van der Waals surface area contributed by atoms with Crippen molar-refractivity contribution in [2.75, 3.05) is 6.54 Å². The molecule has 0 amide bonds. The molecule has 17 heavy (non-hydrogen) atoms. The van der Waals surface area contributed by atoms with Crippen molar-refractivity contribution in [3.8, 4) is 0 Å². The molecule has 0 aliphatic carbocycles. The van der Waals surface area contributed by atoms with Gasteiger partial charge in [-0.1, -0.05) is 13.0 Å². The van der Waals surface area contributed by atoms with Crippen LogP contribution in [0.3, 0.4) is 0 Å². The molecule has 0 atom stereocenters. The van der Waals surface area contributed by atoms with Crippen molar-refractivity contribution in [2.45, 2.75) is 19.6 Å². The number of aromatic carboxylic acids is 1. The van der Waals surface area contributed by atoms with Gasteiger partial charge in [0.1, 0.15) is 0 Å². The van der Waals surface area contributed by atoms with Gasteiger partial charge in [-0.3, -0.25) is 0 Å². The van der Waals surface area contributed by atoms with E-state index in [1.54, 1.807) is 0 Å². The third kappa shape index (κ3) is 3.45. The van der Waals surface area contributed by atoms with Crippen molar-refractivity contribution in [3.63, 3.8) is 0 Å². The monoisotopic (exact) mass is 247 g/mol. The summed E-state index contributed by atoms with van der Waals surface area (Å²) in [5, 5.41) is 11.7. The number of nitrogens with one attached hydrogen (secondary N) is 1. The van der Waals surface area contributed by atoms with Crippen LogP contribution in [0, 0.1) is 0 Å². The number of hydrogen-bond acceptors (Lipinski definition) is 2. The molecule has 1 aromatic rings. The number of carboxylic acid groups (broad SMARTS) is 1. The van der Waals surface area contributed by atoms with Crippen molar-refractivity contribution in [3.05, 3.63) is 34.9 Å². The van der Waals surface area contributed by atoms with Gasteiger partial charge in [0.25, 0.3) is 0 Å². The molecular formula is C11H12F3NO2. The summed E-state index contributed by atoms with van der Waals surface area (Å²) in [6, 6.07) is 3.13. The molecule has 1 aromatic carbocycles. The van der Waals surface area contributed by atoms with E-state index in [1.807, 2.05) is 6.92 Å². The van der Waals surface area contributed by atoms with E-state index in [1.165, 1.54) is 6.07 Å². The van der Waals surface area contributed by atoms with E-state index in [9.17, 15) is 18.0 Å². The highest BCUT2D eigenvalue weighted by Gasteiger charge is 2.35. The van der Waals surface area contributed by atoms with Gasteiger partial charge < -0.3 is 10.4 Å². The van der Waals surface area contributed by atoms with E-state index in [-0.39, 0.29) is 0 Å². The maximum atomic E-state index is 12.5. The largest absolute Gasteiger partial charge is 0.478 e. The van der Waals surface area contributed by atoms with E-state index < -0.39 is 23.3 Å². The average molecular weight is 247 g/mol. The SMILES string of the molecule is CCNCc1ccc(C(F)(F)F)c(C(=O)O)c1. The molecule has 0 saturated heterocycles. The number of carboxylic acids is 1. The molecule has 0 heterocycles. The van der Waals surface area contributed by atoms with Crippen LogP contribution in [0.1, 0.15) is 28.4 Å². The average Bonchev–Trinajstić information content (AvgIpc) is 2.24. The van der Waals surface area contributed by atoms with E-state index in [2.05, 4.69) is 5.32 Å². The number of halogens is 3. The van der Waals surface area contributed by atoms with Crippen molar-refractivity contribution in [1.29, 1.82) is 0 Å². The topological polar surface area (TPSA) is 49.3 Å². The smallest absolute Gasteiger partial charge is 0.417 e. The van der Waals surface area contributed by atoms with Gasteiger partial charge in [0.2, 0.25) is 0 Å². The Balaban J connectivity index is 3.13. The molecule has 0 aromatic heterocycles. The minimum Gasteiger partial charge on any atom is -0.478 e. The predicted molar refractivity (Wildman–Crippen MR) is 55.8 cm³/mol. The minimum atomic E-state index is -4.65. The lowest BCUT2D eigenvalue weighted by Gasteiger charge is -2.11. The molecule has 1 rings (SSSR count). The molecule has 94 valence electrons. The molecular weight excluding hydrogens is 235 g/mol. The minimum absolute atomic E-state index is 0.342. The summed E-state index contributed by atoms with van der Waals surface area (Å²) in [6.45, 7) is 2.85. The van der Waals surface area contributed by atoms with Gasteiger partial charge in [0.15, 0.2) is 0 Å². The van der Waals surface area contributed by atoms with Crippen molar-refractivity contribution < 1.29 is 23.1 Å². The second kappa shape index (κ2) is 5.18. The van der Waals surface area contributed by atoms with E-state index in [0.29, 0.717) is 18.7 Å². The molecule has 0 aliphatic heterocycles. The van der Waals surface area contributed by atoms with Crippen molar-refractivity contribution in [1.82, 2.24) is 5.32 Å². The van der Waals surface area contributed by atoms with Gasteiger partial charge in [-0.15, -0.1) is 0 Å². The maximum absolute atomic E-state index is 12.5. The van der Waals surface area contributed by atoms with Crippen molar-refractivity contribution in [2.24, 2.45) is 0 Å². The zero-order valence-corrected chi connectivity index (χ0v) is 9.14. The summed E-state index contributed by atoms with van der Waals surface area (Å²) in [6.07, 6.45) is -4.65. The van der Waals surface area contributed by atoms with Crippen LogP contribution in [-0.4, -0.2) is 17.6 Å². The van der Waals surface area contributed by atoms with E-state index in [0.717, 1.165) is 12.1 Å². The summed E-state index contributed by atoms with van der Waals surface area (Å²) in [7, 11) is 0. The maximum Gasteiger partial charge on any atom is 0.417 e. The van der Waals surface area contributed by atoms with Gasteiger partial charge in [-0.25, -0.2) is 4.79 Å². The summed E-state index contributed by atoms with van der Waals surface area (Å²) < 4.78 is 37.5. The highest BCUT2D eigenvalue weighted by atomic mass is 19.4. The highest BCUT2D eigenvalue weighted by Crippen LogP contribution is 2.32. The molecule has 2 N–H and O–H groups in total. The van der Waals surface area contributed by atoms with Crippen LogP contribution in [-0.2, 0) is 12.7 Å². The van der Waals surface area contributed by atoms with Gasteiger partial charge in [0, 0.05) is 6.54 Å². The Morgan fingerprint density at radius 2 is 2.06 bits per heavy atom. The normalized spacial score (nSPS) is 11.5. The van der Waals surface area contributed by atoms with E-state index >= 15 is 0 Å². The van der Waals surface area contributed by atoms with E-state index in [4.69, 9.17) is 5.11 Å². The Bertz CT molecular complexity index is 416. The first-order valence-electron chi connectivity index (χ1n) is 5.00. The van der Waals surface area contributed by atoms with Crippen LogP contribution >= 0.6 is 0 Å². The lowest BCUT2D eigenvalue weighted by atomic mass is 10.0. The fraction of sp³-hybridized carbons (Fsp3) is 0.364. The second-order valence-corrected chi connectivity index (χ2v) is 3.46. The Morgan fingerprint density at radius 3 is 2.53 bits per heavy atom. The molecule has 0 bridgehead atoms. The van der Waals surface area contributed by atoms with Gasteiger partial charge in [-0.05, 0) is 24.2 Å². The standard InChI is InChI=1S/C11H12F3NO2/c1-2-15-6-7-3-4-9(11(12,13)14)8(5-7)10(16)17/h3-5,15H,2,6H2,1H3,(H,16,17). The third-order valence-electron chi connectivity index (χ3n) is 2.20. The molecule has 3 nitrogen and oxygen atoms in total. The number of hydrogen-bond donors (Lipinski definition) is 2. The fourth-order valence-electron chi connectivity index (χ4n) is 1.39. The second-order valence-electron chi connectivity index (χ2n) is 3.46. The van der Waals surface area contributed by atoms with Crippen LogP contribution in [0.15, 0.2) is 18.2 Å². The van der Waals surface area contributed by atoms with Crippen LogP contribution in [0.25, 0.3) is 0 Å². The Labute approximate surface area is 96.3 Å². The number of benzene rings is 1. The first kappa shape index (κ1) is 13.5. The lowest BCUT2D eigenvalue weighted by Crippen LogP contribution is -2.16. The number of rotatable bonds is 4. The van der Waals surface area contributed by atoms with Gasteiger partial charge >= 0.3 is 12.1 Å². The molecule has 0 saturated carbocycles. The first-order chi connectivity index (χ1) is 7.86. The van der Waals surface area contributed by atoms with Crippen LogP contribution < -0.4 is 5.32 Å². The van der Waals surface area contributed by atoms with Gasteiger partial charge in [-0.2, -0.15) is 13.2 Å². The summed E-state index contributed by atoms with van der Waals surface area (Å²) in [5.41, 5.74) is -1.32. The molecule has 0 radical (unpaired) electrons. The third-order valence-corrected chi connectivity index (χ3v) is 2.20. The Hall–Kier alpha value is -1.56. The summed E-state index contributed by atoms with van der Waals surface area (Å²) in [4.78, 5) is 10.8. The van der Waals surface area contributed by atoms with Gasteiger partial charge in [0.05, 0.1) is 11.1 Å². The van der Waals surface area contributed by atoms with Crippen LogP contribution in [0.4, 0.5) is 13.2 Å². The summed E-state index contributed by atoms with van der Waals surface area (Å²) >= 11 is 0. The fourth-order valence-corrected chi connectivity index (χ4v) is 1.39. The zero-order valence-electron chi connectivity index (χ0n) is 9.14. The Kier molecular flexibility index (Phi) is 4.11. The lowest BCUT2D eigenvalue weighted by molar-refractivity contribution is -0.138. The molecule has 6 heteroatoms. The molecule has 0 aliphatic rings. The highest BCUT2D eigenvalue weighted by molar-refractivity contribution is 5.89. The number of carbonyl (C=O) groups is 1. The molecule has 0 fully saturated rings. The first-order valence-corrected chi connectivity index (χ1v) is 5.00. The molecule has 0 spiro atoms. The molecule has 0 unspecified atom stereocenters. The quantitative estimate of drug-likeness (QED) is 0.859. The van der Waals surface area contributed by atoms with Crippen molar-refractivity contribution >= 4 is 5.97 Å².